The highest BCUT2D eigenvalue weighted by Crippen LogP contribution is 2.27. The molecule has 0 saturated carbocycles. The van der Waals surface area contributed by atoms with E-state index in [1.807, 2.05) is 37.3 Å². The molecule has 0 saturated heterocycles. The topological polar surface area (TPSA) is 32.3 Å². The Labute approximate surface area is 99.7 Å². The van der Waals surface area contributed by atoms with Gasteiger partial charge in [-0.05, 0) is 25.1 Å². The smallest absolute Gasteiger partial charge is 0.126 e. The van der Waals surface area contributed by atoms with E-state index in [2.05, 4.69) is 5.32 Å². The first-order valence-corrected chi connectivity index (χ1v) is 5.47. The molecule has 0 fully saturated rings. The summed E-state index contributed by atoms with van der Waals surface area (Å²) < 4.78 is 12.9. The van der Waals surface area contributed by atoms with Gasteiger partial charge in [-0.25, -0.2) is 4.39 Å². The van der Waals surface area contributed by atoms with E-state index in [-0.39, 0.29) is 11.8 Å². The second-order valence-corrected chi connectivity index (χ2v) is 3.94. The molecule has 2 rings (SSSR count). The third-order valence-electron chi connectivity index (χ3n) is 2.62. The molecule has 2 aromatic carbocycles. The summed E-state index contributed by atoms with van der Waals surface area (Å²) in [4.78, 5) is 0. The summed E-state index contributed by atoms with van der Waals surface area (Å²) in [5.41, 5.74) is 1.64. The largest absolute Gasteiger partial charge is 0.507 e. The Morgan fingerprint density at radius 2 is 1.82 bits per heavy atom. The maximum atomic E-state index is 12.9. The SMILES string of the molecule is CC(Nc1ccccc1)c1ccc(F)cc1O. The van der Waals surface area contributed by atoms with Crippen molar-refractivity contribution in [3.8, 4) is 5.75 Å². The molecule has 2 N–H and O–H groups in total. The van der Waals surface area contributed by atoms with Gasteiger partial charge in [0.15, 0.2) is 0 Å². The fraction of sp³-hybridized carbons (Fsp3) is 0.143. The van der Waals surface area contributed by atoms with Crippen molar-refractivity contribution < 1.29 is 9.50 Å². The van der Waals surface area contributed by atoms with Crippen LogP contribution in [0.25, 0.3) is 0 Å². The quantitative estimate of drug-likeness (QED) is 0.844. The lowest BCUT2D eigenvalue weighted by atomic mass is 10.1. The molecule has 1 atom stereocenters. The minimum absolute atomic E-state index is 0.0269. The Hall–Kier alpha value is -2.03. The number of anilines is 1. The predicted molar refractivity (Wildman–Crippen MR) is 66.5 cm³/mol. The van der Waals surface area contributed by atoms with Crippen LogP contribution in [0, 0.1) is 5.82 Å². The fourth-order valence-electron chi connectivity index (χ4n) is 1.75. The summed E-state index contributed by atoms with van der Waals surface area (Å²) in [6.07, 6.45) is 0. The van der Waals surface area contributed by atoms with Gasteiger partial charge in [-0.1, -0.05) is 24.3 Å². The van der Waals surface area contributed by atoms with Crippen molar-refractivity contribution in [1.82, 2.24) is 0 Å². The third-order valence-corrected chi connectivity index (χ3v) is 2.62. The van der Waals surface area contributed by atoms with Crippen molar-refractivity contribution in [3.63, 3.8) is 0 Å². The highest BCUT2D eigenvalue weighted by molar-refractivity contribution is 5.47. The van der Waals surface area contributed by atoms with Crippen LogP contribution in [-0.4, -0.2) is 5.11 Å². The summed E-state index contributed by atoms with van der Waals surface area (Å²) in [5.74, 6) is -0.459. The molecular weight excluding hydrogens is 217 g/mol. The van der Waals surface area contributed by atoms with E-state index < -0.39 is 5.82 Å². The number of phenolic OH excluding ortho intramolecular Hbond substituents is 1. The number of hydrogen-bond donors (Lipinski definition) is 2. The average molecular weight is 231 g/mol. The lowest BCUT2D eigenvalue weighted by Crippen LogP contribution is -2.06. The predicted octanol–water partition coefficient (Wildman–Crippen LogP) is 3.70. The first-order chi connectivity index (χ1) is 8.16. The van der Waals surface area contributed by atoms with Crippen LogP contribution in [0.1, 0.15) is 18.5 Å². The fourth-order valence-corrected chi connectivity index (χ4v) is 1.75. The number of para-hydroxylation sites is 1. The summed E-state index contributed by atoms with van der Waals surface area (Å²) in [7, 11) is 0. The summed E-state index contributed by atoms with van der Waals surface area (Å²) in [6.45, 7) is 1.92. The van der Waals surface area contributed by atoms with Gasteiger partial charge in [-0.2, -0.15) is 0 Å². The molecule has 0 spiro atoms. The number of halogens is 1. The van der Waals surface area contributed by atoms with Crippen LogP contribution in [0.2, 0.25) is 0 Å². The minimum atomic E-state index is -0.432. The molecule has 88 valence electrons. The zero-order valence-electron chi connectivity index (χ0n) is 9.52. The van der Waals surface area contributed by atoms with Gasteiger partial charge < -0.3 is 10.4 Å². The van der Waals surface area contributed by atoms with Gasteiger partial charge in [0.25, 0.3) is 0 Å². The van der Waals surface area contributed by atoms with Crippen molar-refractivity contribution in [2.45, 2.75) is 13.0 Å². The summed E-state index contributed by atoms with van der Waals surface area (Å²) in [6, 6.07) is 13.7. The first-order valence-electron chi connectivity index (χ1n) is 5.47. The Morgan fingerprint density at radius 3 is 2.47 bits per heavy atom. The van der Waals surface area contributed by atoms with Gasteiger partial charge >= 0.3 is 0 Å². The second kappa shape index (κ2) is 4.87. The van der Waals surface area contributed by atoms with E-state index in [0.717, 1.165) is 11.8 Å². The molecule has 0 aliphatic carbocycles. The molecule has 0 amide bonds. The Kier molecular flexibility index (Phi) is 3.28. The van der Waals surface area contributed by atoms with Crippen LogP contribution in [0.5, 0.6) is 5.75 Å². The van der Waals surface area contributed by atoms with Gasteiger partial charge in [0.2, 0.25) is 0 Å². The van der Waals surface area contributed by atoms with Crippen LogP contribution < -0.4 is 5.32 Å². The van der Waals surface area contributed by atoms with E-state index >= 15 is 0 Å². The van der Waals surface area contributed by atoms with E-state index in [4.69, 9.17) is 0 Å². The molecular formula is C14H14FNO. The van der Waals surface area contributed by atoms with Crippen LogP contribution in [0.4, 0.5) is 10.1 Å². The maximum absolute atomic E-state index is 12.9. The van der Waals surface area contributed by atoms with Crippen LogP contribution in [-0.2, 0) is 0 Å². The number of nitrogens with one attached hydrogen (secondary N) is 1. The molecule has 3 heteroatoms. The molecule has 0 radical (unpaired) electrons. The van der Waals surface area contributed by atoms with Crippen LogP contribution in [0.15, 0.2) is 48.5 Å². The molecule has 0 aliphatic heterocycles. The molecule has 1 unspecified atom stereocenters. The summed E-state index contributed by atoms with van der Waals surface area (Å²) >= 11 is 0. The van der Waals surface area contributed by atoms with Crippen molar-refractivity contribution >= 4 is 5.69 Å². The van der Waals surface area contributed by atoms with Gasteiger partial charge in [-0.3, -0.25) is 0 Å². The maximum Gasteiger partial charge on any atom is 0.126 e. The van der Waals surface area contributed by atoms with Crippen molar-refractivity contribution in [1.29, 1.82) is 0 Å². The van der Waals surface area contributed by atoms with Crippen molar-refractivity contribution in [2.24, 2.45) is 0 Å². The molecule has 0 aromatic heterocycles. The number of phenols is 1. The molecule has 0 heterocycles. The second-order valence-electron chi connectivity index (χ2n) is 3.94. The first kappa shape index (κ1) is 11.5. The van der Waals surface area contributed by atoms with Gasteiger partial charge in [0, 0.05) is 17.3 Å². The lowest BCUT2D eigenvalue weighted by molar-refractivity contribution is 0.459. The highest BCUT2D eigenvalue weighted by atomic mass is 19.1. The van der Waals surface area contributed by atoms with Crippen molar-refractivity contribution in [2.75, 3.05) is 5.32 Å². The zero-order valence-corrected chi connectivity index (χ0v) is 9.52. The molecule has 2 aromatic rings. The molecule has 2 nitrogen and oxygen atoms in total. The molecule has 17 heavy (non-hydrogen) atoms. The Morgan fingerprint density at radius 1 is 1.12 bits per heavy atom. The van der Waals surface area contributed by atoms with Crippen molar-refractivity contribution in [3.05, 3.63) is 59.9 Å². The number of hydrogen-bond acceptors (Lipinski definition) is 2. The number of benzene rings is 2. The highest BCUT2D eigenvalue weighted by Gasteiger charge is 2.10. The zero-order chi connectivity index (χ0) is 12.3. The standard InChI is InChI=1S/C14H14FNO/c1-10(16-12-5-3-2-4-6-12)13-8-7-11(15)9-14(13)17/h2-10,16-17H,1H3. The van der Waals surface area contributed by atoms with E-state index in [1.54, 1.807) is 6.07 Å². The van der Waals surface area contributed by atoms with Crippen LogP contribution in [0.3, 0.4) is 0 Å². The third kappa shape index (κ3) is 2.75. The minimum Gasteiger partial charge on any atom is -0.507 e. The Balaban J connectivity index is 2.17. The lowest BCUT2D eigenvalue weighted by Gasteiger charge is -2.16. The molecule has 0 aliphatic rings. The van der Waals surface area contributed by atoms with E-state index in [9.17, 15) is 9.50 Å². The van der Waals surface area contributed by atoms with Gasteiger partial charge in [0.1, 0.15) is 11.6 Å². The molecule has 0 bridgehead atoms. The number of aromatic hydroxyl groups is 1. The number of rotatable bonds is 3. The van der Waals surface area contributed by atoms with Gasteiger partial charge in [-0.15, -0.1) is 0 Å². The van der Waals surface area contributed by atoms with Gasteiger partial charge in [0.05, 0.1) is 6.04 Å². The normalized spacial score (nSPS) is 12.1. The summed E-state index contributed by atoms with van der Waals surface area (Å²) in [5, 5.41) is 12.9. The average Bonchev–Trinajstić information content (AvgIpc) is 2.30. The Bertz CT molecular complexity index is 499. The monoisotopic (exact) mass is 231 g/mol. The van der Waals surface area contributed by atoms with Crippen LogP contribution >= 0.6 is 0 Å². The van der Waals surface area contributed by atoms with E-state index in [0.29, 0.717) is 5.56 Å². The van der Waals surface area contributed by atoms with E-state index in [1.165, 1.54) is 6.07 Å².